The molecule has 6 nitrogen and oxygen atoms in total. The Kier molecular flexibility index (Phi) is 12.3. The third-order valence-electron chi connectivity index (χ3n) is 3.43. The van der Waals surface area contributed by atoms with Crippen LogP contribution in [0, 0.1) is 0 Å². The Balaban J connectivity index is 4.17. The highest BCUT2D eigenvalue weighted by atomic mass is 16.4. The lowest BCUT2D eigenvalue weighted by Gasteiger charge is -2.28. The number of aliphatic hydroxyl groups is 4. The third-order valence-corrected chi connectivity index (χ3v) is 3.43. The summed E-state index contributed by atoms with van der Waals surface area (Å²) in [6, 6.07) is 0. The molecule has 0 saturated carbocycles. The molecular weight excluding hydrogens is 260 g/mol. The number of unbranched alkanes of at least 4 members (excludes halogenated alkanes) is 3. The summed E-state index contributed by atoms with van der Waals surface area (Å²) in [4.78, 5) is 2.07. The Labute approximate surface area is 122 Å². The Morgan fingerprint density at radius 2 is 1.70 bits per heavy atom. The molecule has 5 N–H and O–H groups in total. The van der Waals surface area contributed by atoms with E-state index in [1.165, 1.54) is 12.8 Å². The van der Waals surface area contributed by atoms with Crippen LogP contribution in [0.4, 0.5) is 0 Å². The van der Waals surface area contributed by atoms with Gasteiger partial charge in [-0.1, -0.05) is 26.2 Å². The second kappa shape index (κ2) is 12.5. The summed E-state index contributed by atoms with van der Waals surface area (Å²) in [6.45, 7) is 4.36. The van der Waals surface area contributed by atoms with Crippen molar-refractivity contribution in [1.29, 1.82) is 0 Å². The monoisotopic (exact) mass is 292 g/mol. The fraction of sp³-hybridized carbons (Fsp3) is 1.00. The van der Waals surface area contributed by atoms with Gasteiger partial charge in [0.1, 0.15) is 12.2 Å². The SMILES string of the molecule is CCCCCCN(CCNC)CC(O)C(O)C(O)CO. The molecule has 0 aromatic rings. The first-order chi connectivity index (χ1) is 9.56. The molecule has 0 heterocycles. The minimum atomic E-state index is -1.31. The van der Waals surface area contributed by atoms with Crippen LogP contribution in [0.25, 0.3) is 0 Å². The number of aliphatic hydroxyl groups excluding tert-OH is 4. The first-order valence-electron chi connectivity index (χ1n) is 7.58. The van der Waals surface area contributed by atoms with Crippen LogP contribution in [0.3, 0.4) is 0 Å². The lowest BCUT2D eigenvalue weighted by Crippen LogP contribution is -2.47. The smallest absolute Gasteiger partial charge is 0.109 e. The second-order valence-electron chi connectivity index (χ2n) is 5.27. The number of nitrogens with one attached hydrogen (secondary N) is 1. The molecule has 0 radical (unpaired) electrons. The van der Waals surface area contributed by atoms with Gasteiger partial charge in [-0.2, -0.15) is 0 Å². The molecule has 0 amide bonds. The van der Waals surface area contributed by atoms with Gasteiger partial charge in [-0.15, -0.1) is 0 Å². The average molecular weight is 292 g/mol. The molecule has 6 heteroatoms. The third kappa shape index (κ3) is 8.84. The highest BCUT2D eigenvalue weighted by Crippen LogP contribution is 2.06. The molecule has 0 aliphatic carbocycles. The van der Waals surface area contributed by atoms with E-state index in [0.717, 1.165) is 32.5 Å². The fourth-order valence-electron chi connectivity index (χ4n) is 2.06. The second-order valence-corrected chi connectivity index (χ2v) is 5.27. The molecule has 20 heavy (non-hydrogen) atoms. The van der Waals surface area contributed by atoms with Crippen molar-refractivity contribution < 1.29 is 20.4 Å². The molecular formula is C14H32N2O4. The summed E-state index contributed by atoms with van der Waals surface area (Å²) >= 11 is 0. The van der Waals surface area contributed by atoms with Gasteiger partial charge in [0, 0.05) is 19.6 Å². The normalized spacial score (nSPS) is 16.4. The van der Waals surface area contributed by atoms with Crippen LogP contribution < -0.4 is 5.32 Å². The minimum Gasteiger partial charge on any atom is -0.394 e. The van der Waals surface area contributed by atoms with Crippen LogP contribution in [-0.4, -0.2) is 83.5 Å². The van der Waals surface area contributed by atoms with Crippen LogP contribution in [0.1, 0.15) is 32.6 Å². The van der Waals surface area contributed by atoms with E-state index < -0.39 is 24.9 Å². The van der Waals surface area contributed by atoms with Gasteiger partial charge < -0.3 is 25.7 Å². The van der Waals surface area contributed by atoms with Crippen LogP contribution >= 0.6 is 0 Å². The van der Waals surface area contributed by atoms with Gasteiger partial charge in [-0.25, -0.2) is 0 Å². The van der Waals surface area contributed by atoms with Crippen molar-refractivity contribution in [3.8, 4) is 0 Å². The molecule has 0 fully saturated rings. The lowest BCUT2D eigenvalue weighted by molar-refractivity contribution is -0.0840. The van der Waals surface area contributed by atoms with Crippen LogP contribution in [0.2, 0.25) is 0 Å². The van der Waals surface area contributed by atoms with Crippen molar-refractivity contribution in [2.45, 2.75) is 50.9 Å². The summed E-state index contributed by atoms with van der Waals surface area (Å²) < 4.78 is 0. The molecule has 122 valence electrons. The number of nitrogens with zero attached hydrogens (tertiary/aromatic N) is 1. The molecule has 0 saturated heterocycles. The quantitative estimate of drug-likeness (QED) is 0.284. The van der Waals surface area contributed by atoms with E-state index in [2.05, 4.69) is 17.1 Å². The molecule has 0 aromatic carbocycles. The Morgan fingerprint density at radius 3 is 2.25 bits per heavy atom. The number of likely N-dealkylation sites (N-methyl/N-ethyl adjacent to an activating group) is 1. The van der Waals surface area contributed by atoms with Gasteiger partial charge in [0.2, 0.25) is 0 Å². The van der Waals surface area contributed by atoms with Gasteiger partial charge in [-0.05, 0) is 20.0 Å². The lowest BCUT2D eigenvalue weighted by atomic mass is 10.1. The van der Waals surface area contributed by atoms with E-state index in [-0.39, 0.29) is 0 Å². The van der Waals surface area contributed by atoms with E-state index in [4.69, 9.17) is 5.11 Å². The molecule has 0 aliphatic rings. The van der Waals surface area contributed by atoms with Crippen molar-refractivity contribution in [2.75, 3.05) is 39.8 Å². The Hall–Kier alpha value is -0.240. The van der Waals surface area contributed by atoms with E-state index >= 15 is 0 Å². The van der Waals surface area contributed by atoms with Crippen molar-refractivity contribution in [3.63, 3.8) is 0 Å². The zero-order chi connectivity index (χ0) is 15.4. The van der Waals surface area contributed by atoms with Gasteiger partial charge in [-0.3, -0.25) is 4.90 Å². The zero-order valence-electron chi connectivity index (χ0n) is 12.8. The summed E-state index contributed by atoms with van der Waals surface area (Å²) in [5.74, 6) is 0. The van der Waals surface area contributed by atoms with Crippen molar-refractivity contribution in [2.24, 2.45) is 0 Å². The van der Waals surface area contributed by atoms with E-state index in [0.29, 0.717) is 6.54 Å². The predicted molar refractivity (Wildman–Crippen MR) is 79.6 cm³/mol. The Bertz CT molecular complexity index is 219. The van der Waals surface area contributed by atoms with Gasteiger partial charge in [0.05, 0.1) is 12.7 Å². The maximum atomic E-state index is 9.91. The highest BCUT2D eigenvalue weighted by Gasteiger charge is 2.25. The van der Waals surface area contributed by atoms with Crippen LogP contribution in [0.15, 0.2) is 0 Å². The van der Waals surface area contributed by atoms with Crippen LogP contribution in [-0.2, 0) is 0 Å². The zero-order valence-corrected chi connectivity index (χ0v) is 12.8. The molecule has 3 atom stereocenters. The Morgan fingerprint density at radius 1 is 1.00 bits per heavy atom. The van der Waals surface area contributed by atoms with E-state index in [9.17, 15) is 15.3 Å². The molecule has 3 unspecified atom stereocenters. The molecule has 0 rings (SSSR count). The molecule has 0 spiro atoms. The average Bonchev–Trinajstić information content (AvgIpc) is 2.46. The summed E-state index contributed by atoms with van der Waals surface area (Å²) in [6.07, 6.45) is 0.937. The maximum Gasteiger partial charge on any atom is 0.109 e. The number of hydrogen-bond donors (Lipinski definition) is 5. The summed E-state index contributed by atoms with van der Waals surface area (Å²) in [5, 5.41) is 40.8. The molecule has 0 bridgehead atoms. The topological polar surface area (TPSA) is 96.2 Å². The van der Waals surface area contributed by atoms with Crippen molar-refractivity contribution >= 4 is 0 Å². The van der Waals surface area contributed by atoms with Gasteiger partial charge in [0.15, 0.2) is 0 Å². The molecule has 0 aromatic heterocycles. The first kappa shape index (κ1) is 19.8. The maximum absolute atomic E-state index is 9.91. The predicted octanol–water partition coefficient (Wildman–Crippen LogP) is -0.837. The van der Waals surface area contributed by atoms with E-state index in [1.807, 2.05) is 7.05 Å². The van der Waals surface area contributed by atoms with E-state index in [1.54, 1.807) is 0 Å². The standard InChI is InChI=1S/C14H32N2O4/c1-3-4-5-6-8-16(9-7-15-2)10-12(18)14(20)13(19)11-17/h12-15,17-20H,3-11H2,1-2H3. The number of rotatable bonds is 13. The summed E-state index contributed by atoms with van der Waals surface area (Å²) in [5.41, 5.74) is 0. The van der Waals surface area contributed by atoms with Crippen molar-refractivity contribution in [1.82, 2.24) is 10.2 Å². The largest absolute Gasteiger partial charge is 0.394 e. The van der Waals surface area contributed by atoms with Crippen LogP contribution in [0.5, 0.6) is 0 Å². The van der Waals surface area contributed by atoms with Crippen molar-refractivity contribution in [3.05, 3.63) is 0 Å². The number of hydrogen-bond acceptors (Lipinski definition) is 6. The highest BCUT2D eigenvalue weighted by molar-refractivity contribution is 4.78. The summed E-state index contributed by atoms with van der Waals surface area (Å²) in [7, 11) is 1.87. The minimum absolute atomic E-state index is 0.298. The van der Waals surface area contributed by atoms with Gasteiger partial charge >= 0.3 is 0 Å². The first-order valence-corrected chi connectivity index (χ1v) is 7.58. The van der Waals surface area contributed by atoms with Gasteiger partial charge in [0.25, 0.3) is 0 Å². The fourth-order valence-corrected chi connectivity index (χ4v) is 2.06. The molecule has 0 aliphatic heterocycles.